The van der Waals surface area contributed by atoms with Gasteiger partial charge in [0, 0.05) is 27.5 Å². The van der Waals surface area contributed by atoms with E-state index in [0.717, 1.165) is 11.3 Å². The van der Waals surface area contributed by atoms with Gasteiger partial charge in [0.1, 0.15) is 0 Å². The van der Waals surface area contributed by atoms with Gasteiger partial charge in [-0.1, -0.05) is 29.3 Å². The van der Waals surface area contributed by atoms with Gasteiger partial charge in [0.25, 0.3) is 0 Å². The molecule has 0 aliphatic rings. The molecular weight excluding hydrogens is 257 g/mol. The Morgan fingerprint density at radius 2 is 1.82 bits per heavy atom. The highest BCUT2D eigenvalue weighted by Gasteiger charge is 2.10. The lowest BCUT2D eigenvalue weighted by atomic mass is 10.2. The van der Waals surface area contributed by atoms with Crippen molar-refractivity contribution in [3.05, 3.63) is 57.8 Å². The van der Waals surface area contributed by atoms with Gasteiger partial charge in [0.05, 0.1) is 12.6 Å². The van der Waals surface area contributed by atoms with Crippen LogP contribution in [0.4, 0.5) is 0 Å². The first-order valence-corrected chi connectivity index (χ1v) is 6.11. The van der Waals surface area contributed by atoms with Crippen LogP contribution in [-0.2, 0) is 6.54 Å². The Morgan fingerprint density at radius 1 is 1.18 bits per heavy atom. The Hall–Kier alpha value is -0.960. The second kappa shape index (κ2) is 5.13. The second-order valence-electron chi connectivity index (χ2n) is 3.94. The molecule has 0 spiro atoms. The second-order valence-corrected chi connectivity index (χ2v) is 4.75. The van der Waals surface area contributed by atoms with Crippen LogP contribution in [0.3, 0.4) is 0 Å². The summed E-state index contributed by atoms with van der Waals surface area (Å²) < 4.78 is 1.94. The lowest BCUT2D eigenvalue weighted by Gasteiger charge is -2.13. The zero-order chi connectivity index (χ0) is 12.4. The van der Waals surface area contributed by atoms with Crippen molar-refractivity contribution in [2.24, 2.45) is 0 Å². The third-order valence-corrected chi connectivity index (χ3v) is 3.39. The number of aliphatic hydroxyl groups is 1. The van der Waals surface area contributed by atoms with Crippen LogP contribution in [0.1, 0.15) is 24.3 Å². The molecule has 2 rings (SSSR count). The zero-order valence-corrected chi connectivity index (χ0v) is 10.9. The number of rotatable bonds is 3. The van der Waals surface area contributed by atoms with E-state index < -0.39 is 6.10 Å². The minimum Gasteiger partial charge on any atom is -0.387 e. The summed E-state index contributed by atoms with van der Waals surface area (Å²) in [5.41, 5.74) is 1.72. The zero-order valence-electron chi connectivity index (χ0n) is 9.40. The standard InChI is InChI=1S/C13H13Cl2NO/c1-9(17)13-6-3-7-16(13)8-10-11(14)4-2-5-12(10)15/h2-7,9,17H,8H2,1H3. The number of aromatic nitrogens is 1. The van der Waals surface area contributed by atoms with Crippen LogP contribution >= 0.6 is 23.2 Å². The van der Waals surface area contributed by atoms with Gasteiger partial charge in [0.2, 0.25) is 0 Å². The summed E-state index contributed by atoms with van der Waals surface area (Å²) in [6, 6.07) is 9.23. The van der Waals surface area contributed by atoms with E-state index in [1.165, 1.54) is 0 Å². The quantitative estimate of drug-likeness (QED) is 0.899. The molecule has 0 aliphatic heterocycles. The highest BCUT2D eigenvalue weighted by Crippen LogP contribution is 2.26. The van der Waals surface area contributed by atoms with Gasteiger partial charge in [0.15, 0.2) is 0 Å². The summed E-state index contributed by atoms with van der Waals surface area (Å²) in [5, 5.41) is 10.9. The molecule has 0 saturated carbocycles. The minimum atomic E-state index is -0.508. The summed E-state index contributed by atoms with van der Waals surface area (Å²) in [6.07, 6.45) is 1.40. The van der Waals surface area contributed by atoms with Crippen LogP contribution in [0.15, 0.2) is 36.5 Å². The van der Waals surface area contributed by atoms with Crippen LogP contribution < -0.4 is 0 Å². The smallest absolute Gasteiger partial charge is 0.0911 e. The fourth-order valence-corrected chi connectivity index (χ4v) is 2.32. The van der Waals surface area contributed by atoms with Crippen molar-refractivity contribution < 1.29 is 5.11 Å². The van der Waals surface area contributed by atoms with Crippen molar-refractivity contribution in [3.8, 4) is 0 Å². The number of aliphatic hydroxyl groups excluding tert-OH is 1. The molecule has 17 heavy (non-hydrogen) atoms. The third kappa shape index (κ3) is 2.65. The minimum absolute atomic E-state index is 0.508. The molecule has 1 aromatic heterocycles. The third-order valence-electron chi connectivity index (χ3n) is 2.68. The summed E-state index contributed by atoms with van der Waals surface area (Å²) >= 11 is 12.2. The molecule has 4 heteroatoms. The molecule has 90 valence electrons. The van der Waals surface area contributed by atoms with E-state index in [1.807, 2.05) is 41.1 Å². The first kappa shape index (κ1) is 12.5. The SMILES string of the molecule is CC(O)c1cccn1Cc1c(Cl)cccc1Cl. The largest absolute Gasteiger partial charge is 0.387 e. The fraction of sp³-hybridized carbons (Fsp3) is 0.231. The highest BCUT2D eigenvalue weighted by atomic mass is 35.5. The predicted molar refractivity (Wildman–Crippen MR) is 70.6 cm³/mol. The molecule has 0 saturated heterocycles. The van der Waals surface area contributed by atoms with Gasteiger partial charge >= 0.3 is 0 Å². The number of halogens is 2. The lowest BCUT2D eigenvalue weighted by Crippen LogP contribution is -2.06. The number of hydrogen-bond acceptors (Lipinski definition) is 1. The molecule has 1 unspecified atom stereocenters. The van der Waals surface area contributed by atoms with Crippen molar-refractivity contribution in [1.29, 1.82) is 0 Å². The highest BCUT2D eigenvalue weighted by molar-refractivity contribution is 6.35. The Morgan fingerprint density at radius 3 is 2.41 bits per heavy atom. The number of hydrogen-bond donors (Lipinski definition) is 1. The first-order chi connectivity index (χ1) is 8.09. The molecule has 0 fully saturated rings. The van der Waals surface area contributed by atoms with E-state index in [2.05, 4.69) is 0 Å². The normalized spacial score (nSPS) is 12.7. The van der Waals surface area contributed by atoms with E-state index in [-0.39, 0.29) is 0 Å². The first-order valence-electron chi connectivity index (χ1n) is 5.35. The number of nitrogens with zero attached hydrogens (tertiary/aromatic N) is 1. The van der Waals surface area contributed by atoms with E-state index >= 15 is 0 Å². The van der Waals surface area contributed by atoms with Crippen molar-refractivity contribution in [1.82, 2.24) is 4.57 Å². The maximum atomic E-state index is 9.62. The summed E-state index contributed by atoms with van der Waals surface area (Å²) in [6.45, 7) is 2.30. The van der Waals surface area contributed by atoms with Crippen LogP contribution in [-0.4, -0.2) is 9.67 Å². The Kier molecular flexibility index (Phi) is 3.77. The van der Waals surface area contributed by atoms with Gasteiger partial charge in [-0.25, -0.2) is 0 Å². The molecule has 0 amide bonds. The molecule has 1 atom stereocenters. The van der Waals surface area contributed by atoms with Crippen LogP contribution in [0.2, 0.25) is 10.0 Å². The van der Waals surface area contributed by atoms with Crippen molar-refractivity contribution >= 4 is 23.2 Å². The van der Waals surface area contributed by atoms with Gasteiger partial charge in [-0.3, -0.25) is 0 Å². The van der Waals surface area contributed by atoms with Crippen LogP contribution in [0.5, 0.6) is 0 Å². The van der Waals surface area contributed by atoms with Crippen LogP contribution in [0, 0.1) is 0 Å². The summed E-state index contributed by atoms with van der Waals surface area (Å²) in [7, 11) is 0. The molecule has 0 aliphatic carbocycles. The van der Waals surface area contributed by atoms with E-state index in [0.29, 0.717) is 16.6 Å². The van der Waals surface area contributed by atoms with Gasteiger partial charge in [-0.2, -0.15) is 0 Å². The lowest BCUT2D eigenvalue weighted by molar-refractivity contribution is 0.190. The predicted octanol–water partition coefficient (Wildman–Crippen LogP) is 3.90. The van der Waals surface area contributed by atoms with Gasteiger partial charge in [-0.15, -0.1) is 0 Å². The average Bonchev–Trinajstić information content (AvgIpc) is 2.72. The maximum Gasteiger partial charge on any atom is 0.0911 e. The topological polar surface area (TPSA) is 25.2 Å². The van der Waals surface area contributed by atoms with Gasteiger partial charge < -0.3 is 9.67 Å². The van der Waals surface area contributed by atoms with E-state index in [4.69, 9.17) is 23.2 Å². The molecule has 1 N–H and O–H groups in total. The maximum absolute atomic E-state index is 9.62. The molecule has 0 radical (unpaired) electrons. The molecule has 0 bridgehead atoms. The van der Waals surface area contributed by atoms with Crippen molar-refractivity contribution in [2.75, 3.05) is 0 Å². The van der Waals surface area contributed by atoms with E-state index in [1.54, 1.807) is 6.92 Å². The monoisotopic (exact) mass is 269 g/mol. The molecule has 2 aromatic rings. The van der Waals surface area contributed by atoms with Crippen molar-refractivity contribution in [3.63, 3.8) is 0 Å². The molecular formula is C13H13Cl2NO. The Bertz CT molecular complexity index is 500. The summed E-state index contributed by atoms with van der Waals surface area (Å²) in [4.78, 5) is 0. The summed E-state index contributed by atoms with van der Waals surface area (Å²) in [5.74, 6) is 0. The Balaban J connectivity index is 2.35. The Labute approximate surface area is 110 Å². The van der Waals surface area contributed by atoms with Crippen molar-refractivity contribution in [2.45, 2.75) is 19.6 Å². The number of benzene rings is 1. The molecule has 1 heterocycles. The average molecular weight is 270 g/mol. The van der Waals surface area contributed by atoms with Gasteiger partial charge in [-0.05, 0) is 31.2 Å². The fourth-order valence-electron chi connectivity index (χ4n) is 1.80. The van der Waals surface area contributed by atoms with Crippen LogP contribution in [0.25, 0.3) is 0 Å². The molecule has 2 nitrogen and oxygen atoms in total. The van der Waals surface area contributed by atoms with E-state index in [9.17, 15) is 5.11 Å². The molecule has 1 aromatic carbocycles.